The Kier molecular flexibility index (Phi) is 5.96. The molecule has 2 aliphatic rings. The van der Waals surface area contributed by atoms with Gasteiger partial charge in [-0.05, 0) is 52.8 Å². The number of nitrogens with zero attached hydrogens (tertiary/aromatic N) is 7. The van der Waals surface area contributed by atoms with Crippen molar-refractivity contribution in [3.63, 3.8) is 0 Å². The molecule has 0 atom stereocenters. The minimum Gasteiger partial charge on any atom is -0.364 e. The van der Waals surface area contributed by atoms with Gasteiger partial charge in [-0.15, -0.1) is 0 Å². The second-order valence-corrected chi connectivity index (χ2v) is 10.3. The summed E-state index contributed by atoms with van der Waals surface area (Å²) in [4.78, 5) is 38.2. The van der Waals surface area contributed by atoms with Crippen LogP contribution < -0.4 is 16.2 Å². The smallest absolute Gasteiger partial charge is 0.263 e. The van der Waals surface area contributed by atoms with Crippen LogP contribution in [0.15, 0.2) is 29.5 Å². The SMILES string of the molecule is CN(C)CC(=O)N1CCC(n2cc(Nc3nc(NC4(C)CC4)c4c(=O)n(C)ccc4n3)cn2)CC1. The lowest BCUT2D eigenvalue weighted by Crippen LogP contribution is -2.43. The van der Waals surface area contributed by atoms with Crippen LogP contribution in [-0.4, -0.2) is 79.3 Å². The van der Waals surface area contributed by atoms with Gasteiger partial charge >= 0.3 is 0 Å². The molecule has 1 saturated carbocycles. The van der Waals surface area contributed by atoms with E-state index in [1.807, 2.05) is 40.8 Å². The van der Waals surface area contributed by atoms with Gasteiger partial charge < -0.3 is 25.0 Å². The molecule has 186 valence electrons. The molecule has 4 heterocycles. The molecule has 2 fully saturated rings. The molecule has 3 aromatic rings. The monoisotopic (exact) mass is 479 g/mol. The number of carbonyl (C=O) groups excluding carboxylic acids is 1. The summed E-state index contributed by atoms with van der Waals surface area (Å²) >= 11 is 0. The Hall–Kier alpha value is -3.47. The molecule has 5 rings (SSSR count). The van der Waals surface area contributed by atoms with E-state index < -0.39 is 0 Å². The first-order chi connectivity index (χ1) is 16.7. The van der Waals surface area contributed by atoms with Gasteiger partial charge in [-0.25, -0.2) is 4.98 Å². The molecule has 1 amide bonds. The fraction of sp³-hybridized carbons (Fsp3) is 0.542. The lowest BCUT2D eigenvalue weighted by atomic mass is 10.1. The number of piperidine rings is 1. The summed E-state index contributed by atoms with van der Waals surface area (Å²) in [6.45, 7) is 4.03. The lowest BCUT2D eigenvalue weighted by molar-refractivity contribution is -0.133. The minimum atomic E-state index is -0.121. The molecule has 0 bridgehead atoms. The summed E-state index contributed by atoms with van der Waals surface area (Å²) in [5.41, 5.74) is 1.22. The van der Waals surface area contributed by atoms with Crippen molar-refractivity contribution in [1.29, 1.82) is 0 Å². The van der Waals surface area contributed by atoms with E-state index in [1.165, 1.54) is 0 Å². The summed E-state index contributed by atoms with van der Waals surface area (Å²) in [6.07, 6.45) is 9.25. The molecule has 0 radical (unpaired) electrons. The van der Waals surface area contributed by atoms with Crippen LogP contribution in [0.1, 0.15) is 38.6 Å². The summed E-state index contributed by atoms with van der Waals surface area (Å²) < 4.78 is 3.50. The molecular weight excluding hydrogens is 446 g/mol. The number of likely N-dealkylation sites (N-methyl/N-ethyl adjacent to an activating group) is 1. The largest absolute Gasteiger partial charge is 0.364 e. The number of likely N-dealkylation sites (tertiary alicyclic amines) is 1. The van der Waals surface area contributed by atoms with Crippen molar-refractivity contribution in [3.05, 3.63) is 35.0 Å². The molecule has 0 spiro atoms. The van der Waals surface area contributed by atoms with Crippen LogP contribution in [0.3, 0.4) is 0 Å². The number of anilines is 3. The molecule has 1 aliphatic heterocycles. The zero-order chi connectivity index (χ0) is 24.7. The van der Waals surface area contributed by atoms with Gasteiger partial charge in [-0.3, -0.25) is 14.3 Å². The van der Waals surface area contributed by atoms with Crippen LogP contribution >= 0.6 is 0 Å². The van der Waals surface area contributed by atoms with Gasteiger partial charge in [0.15, 0.2) is 0 Å². The van der Waals surface area contributed by atoms with Gasteiger partial charge in [0.25, 0.3) is 5.56 Å². The highest BCUT2D eigenvalue weighted by Gasteiger charge is 2.38. The molecule has 11 heteroatoms. The Morgan fingerprint density at radius 1 is 1.23 bits per heavy atom. The predicted octanol–water partition coefficient (Wildman–Crippen LogP) is 1.96. The molecule has 35 heavy (non-hydrogen) atoms. The van der Waals surface area contributed by atoms with Gasteiger partial charge in [0.2, 0.25) is 11.9 Å². The van der Waals surface area contributed by atoms with Gasteiger partial charge in [0, 0.05) is 38.1 Å². The summed E-state index contributed by atoms with van der Waals surface area (Å²) in [5, 5.41) is 11.8. The summed E-state index contributed by atoms with van der Waals surface area (Å²) in [5.74, 6) is 1.14. The third kappa shape index (κ3) is 5.00. The molecule has 1 aliphatic carbocycles. The number of hydrogen-bond donors (Lipinski definition) is 2. The molecule has 11 nitrogen and oxygen atoms in total. The Balaban J connectivity index is 1.32. The maximum Gasteiger partial charge on any atom is 0.263 e. The molecule has 0 unspecified atom stereocenters. The zero-order valence-corrected chi connectivity index (χ0v) is 20.8. The van der Waals surface area contributed by atoms with Crippen molar-refractivity contribution in [2.24, 2.45) is 7.05 Å². The second-order valence-electron chi connectivity index (χ2n) is 10.3. The van der Waals surface area contributed by atoms with Crippen molar-refractivity contribution >= 4 is 34.3 Å². The van der Waals surface area contributed by atoms with Crippen molar-refractivity contribution in [1.82, 2.24) is 34.1 Å². The molecule has 3 aromatic heterocycles. The second kappa shape index (κ2) is 8.95. The van der Waals surface area contributed by atoms with E-state index in [4.69, 9.17) is 0 Å². The third-order valence-corrected chi connectivity index (χ3v) is 6.85. The first-order valence-corrected chi connectivity index (χ1v) is 12.1. The topological polar surface area (TPSA) is 113 Å². The summed E-state index contributed by atoms with van der Waals surface area (Å²) in [6, 6.07) is 2.07. The highest BCUT2D eigenvalue weighted by atomic mass is 16.2. The maximum absolute atomic E-state index is 12.8. The van der Waals surface area contributed by atoms with Crippen LogP contribution in [-0.2, 0) is 11.8 Å². The van der Waals surface area contributed by atoms with Crippen molar-refractivity contribution < 1.29 is 4.79 Å². The number of nitrogens with one attached hydrogen (secondary N) is 2. The molecular formula is C24H33N9O2. The van der Waals surface area contributed by atoms with Gasteiger partial charge in [0.05, 0.1) is 30.0 Å². The predicted molar refractivity (Wildman–Crippen MR) is 135 cm³/mol. The number of pyridine rings is 1. The Morgan fingerprint density at radius 2 is 1.97 bits per heavy atom. The maximum atomic E-state index is 12.8. The van der Waals surface area contributed by atoms with Crippen LogP contribution in [0.4, 0.5) is 17.5 Å². The first-order valence-electron chi connectivity index (χ1n) is 12.1. The van der Waals surface area contributed by atoms with E-state index >= 15 is 0 Å². The van der Waals surface area contributed by atoms with Crippen LogP contribution in [0.25, 0.3) is 10.9 Å². The number of aromatic nitrogens is 5. The average molecular weight is 480 g/mol. The fourth-order valence-corrected chi connectivity index (χ4v) is 4.46. The summed E-state index contributed by atoms with van der Waals surface area (Å²) in [7, 11) is 5.55. The highest BCUT2D eigenvalue weighted by molar-refractivity contribution is 5.90. The molecule has 1 saturated heterocycles. The van der Waals surface area contributed by atoms with Crippen molar-refractivity contribution in [2.75, 3.05) is 44.4 Å². The van der Waals surface area contributed by atoms with Gasteiger partial charge in [-0.2, -0.15) is 10.1 Å². The van der Waals surface area contributed by atoms with E-state index in [0.717, 1.165) is 44.5 Å². The standard InChI is InChI=1S/C24H33N9O2/c1-24(8-9-24)29-21-20-18(7-10-31(4)22(20)35)27-23(28-21)26-16-13-25-33(14-16)17-5-11-32(12-6-17)19(34)15-30(2)3/h7,10,13-14,17H,5-6,8-9,11-12,15H2,1-4H3,(H2,26,27,28,29). The van der Waals surface area contributed by atoms with Crippen molar-refractivity contribution in [2.45, 2.75) is 44.2 Å². The van der Waals surface area contributed by atoms with E-state index in [0.29, 0.717) is 29.2 Å². The molecule has 2 N–H and O–H groups in total. The van der Waals surface area contributed by atoms with E-state index in [1.54, 1.807) is 24.0 Å². The Bertz CT molecular complexity index is 1300. The van der Waals surface area contributed by atoms with Crippen molar-refractivity contribution in [3.8, 4) is 0 Å². The van der Waals surface area contributed by atoms with Crippen LogP contribution in [0, 0.1) is 0 Å². The average Bonchev–Trinajstić information content (AvgIpc) is 3.35. The Labute approximate surface area is 204 Å². The highest BCUT2D eigenvalue weighted by Crippen LogP contribution is 2.39. The fourth-order valence-electron chi connectivity index (χ4n) is 4.46. The Morgan fingerprint density at radius 3 is 2.66 bits per heavy atom. The number of aryl methyl sites for hydroxylation is 1. The normalized spacial score (nSPS) is 17.7. The number of hydrogen-bond acceptors (Lipinski definition) is 8. The number of amides is 1. The number of fused-ring (bicyclic) bond motifs is 1. The van der Waals surface area contributed by atoms with Crippen LogP contribution in [0.2, 0.25) is 0 Å². The quantitative estimate of drug-likeness (QED) is 0.529. The minimum absolute atomic E-state index is 0.0346. The zero-order valence-electron chi connectivity index (χ0n) is 20.8. The first kappa shape index (κ1) is 23.3. The van der Waals surface area contributed by atoms with Crippen LogP contribution in [0.5, 0.6) is 0 Å². The van der Waals surface area contributed by atoms with E-state index in [-0.39, 0.29) is 23.0 Å². The third-order valence-electron chi connectivity index (χ3n) is 6.85. The number of rotatable bonds is 7. The van der Waals surface area contributed by atoms with E-state index in [9.17, 15) is 9.59 Å². The van der Waals surface area contributed by atoms with Gasteiger partial charge in [-0.1, -0.05) is 0 Å². The van der Waals surface area contributed by atoms with Gasteiger partial charge in [0.1, 0.15) is 11.2 Å². The molecule has 0 aromatic carbocycles. The lowest BCUT2D eigenvalue weighted by Gasteiger charge is -2.32. The number of carbonyl (C=O) groups is 1. The van der Waals surface area contributed by atoms with E-state index in [2.05, 4.69) is 32.6 Å².